The standard InChI is InChI=1S/C26H24N2O4/c1-4-32-23-13-12-18(16-28-25(30)20-10-5-6-11-21(20)26(28)31)15-22(23)24(29)27(3)19-9-7-8-17(2)14-19/h5-15H,4,16H2,1-3H3. The van der Waals surface area contributed by atoms with E-state index in [9.17, 15) is 14.4 Å². The Hall–Kier alpha value is -3.93. The summed E-state index contributed by atoms with van der Waals surface area (Å²) in [5.74, 6) is -0.431. The molecular weight excluding hydrogens is 404 g/mol. The molecule has 0 bridgehead atoms. The van der Waals surface area contributed by atoms with E-state index in [1.807, 2.05) is 38.1 Å². The van der Waals surface area contributed by atoms with Crippen molar-refractivity contribution in [2.24, 2.45) is 0 Å². The average Bonchev–Trinajstić information content (AvgIpc) is 3.04. The lowest BCUT2D eigenvalue weighted by atomic mass is 10.1. The van der Waals surface area contributed by atoms with Crippen molar-refractivity contribution in [2.45, 2.75) is 20.4 Å². The Morgan fingerprint density at radius 2 is 1.62 bits per heavy atom. The molecule has 0 unspecified atom stereocenters. The van der Waals surface area contributed by atoms with Crippen molar-refractivity contribution in [1.82, 2.24) is 4.90 Å². The number of carbonyl (C=O) groups is 3. The van der Waals surface area contributed by atoms with Gasteiger partial charge in [-0.05, 0) is 61.4 Å². The molecule has 1 aliphatic rings. The highest BCUT2D eigenvalue weighted by molar-refractivity contribution is 6.21. The molecule has 32 heavy (non-hydrogen) atoms. The van der Waals surface area contributed by atoms with Gasteiger partial charge in [-0.1, -0.05) is 30.3 Å². The lowest BCUT2D eigenvalue weighted by Crippen LogP contribution is -2.30. The van der Waals surface area contributed by atoms with Crippen LogP contribution in [0.2, 0.25) is 0 Å². The van der Waals surface area contributed by atoms with Crippen LogP contribution in [-0.4, -0.2) is 36.3 Å². The number of ether oxygens (including phenoxy) is 1. The fourth-order valence-electron chi connectivity index (χ4n) is 3.82. The minimum absolute atomic E-state index is 0.0766. The summed E-state index contributed by atoms with van der Waals surface area (Å²) < 4.78 is 5.69. The van der Waals surface area contributed by atoms with Gasteiger partial charge in [0.05, 0.1) is 29.8 Å². The van der Waals surface area contributed by atoms with E-state index in [-0.39, 0.29) is 24.3 Å². The van der Waals surface area contributed by atoms with Gasteiger partial charge in [0, 0.05) is 12.7 Å². The van der Waals surface area contributed by atoms with Crippen LogP contribution < -0.4 is 9.64 Å². The van der Waals surface area contributed by atoms with E-state index in [0.717, 1.165) is 11.3 Å². The van der Waals surface area contributed by atoms with Crippen molar-refractivity contribution in [3.63, 3.8) is 0 Å². The van der Waals surface area contributed by atoms with E-state index in [2.05, 4.69) is 0 Å². The molecule has 0 atom stereocenters. The van der Waals surface area contributed by atoms with Crippen LogP contribution in [0.5, 0.6) is 5.75 Å². The van der Waals surface area contributed by atoms with Gasteiger partial charge in [-0.25, -0.2) is 0 Å². The first-order valence-electron chi connectivity index (χ1n) is 10.5. The molecule has 3 aromatic carbocycles. The third kappa shape index (κ3) is 3.87. The molecule has 6 nitrogen and oxygen atoms in total. The number of aryl methyl sites for hydroxylation is 1. The van der Waals surface area contributed by atoms with Crippen molar-refractivity contribution in [3.05, 3.63) is 94.5 Å². The van der Waals surface area contributed by atoms with Crippen molar-refractivity contribution in [3.8, 4) is 5.75 Å². The summed E-state index contributed by atoms with van der Waals surface area (Å²) in [5, 5.41) is 0. The number of rotatable bonds is 6. The third-order valence-corrected chi connectivity index (χ3v) is 5.49. The van der Waals surface area contributed by atoms with Gasteiger partial charge in [-0.3, -0.25) is 19.3 Å². The molecule has 3 amide bonds. The summed E-state index contributed by atoms with van der Waals surface area (Å²) in [7, 11) is 1.71. The van der Waals surface area contributed by atoms with E-state index in [1.54, 1.807) is 54.4 Å². The summed E-state index contributed by atoms with van der Waals surface area (Å²) >= 11 is 0. The summed E-state index contributed by atoms with van der Waals surface area (Å²) in [6.07, 6.45) is 0. The first-order valence-corrected chi connectivity index (χ1v) is 10.5. The molecule has 0 fully saturated rings. The minimum Gasteiger partial charge on any atom is -0.493 e. The second-order valence-electron chi connectivity index (χ2n) is 7.71. The second kappa shape index (κ2) is 8.67. The predicted molar refractivity (Wildman–Crippen MR) is 122 cm³/mol. The van der Waals surface area contributed by atoms with Gasteiger partial charge in [-0.2, -0.15) is 0 Å². The highest BCUT2D eigenvalue weighted by atomic mass is 16.5. The molecule has 6 heteroatoms. The van der Waals surface area contributed by atoms with Crippen LogP contribution in [0.1, 0.15) is 49.1 Å². The summed E-state index contributed by atoms with van der Waals surface area (Å²) in [4.78, 5) is 41.6. The van der Waals surface area contributed by atoms with E-state index in [4.69, 9.17) is 4.74 Å². The quantitative estimate of drug-likeness (QED) is 0.544. The highest BCUT2D eigenvalue weighted by Gasteiger charge is 2.35. The van der Waals surface area contributed by atoms with Gasteiger partial charge >= 0.3 is 0 Å². The summed E-state index contributed by atoms with van der Waals surface area (Å²) in [6, 6.07) is 19.6. The molecule has 0 saturated carbocycles. The summed E-state index contributed by atoms with van der Waals surface area (Å²) in [6.45, 7) is 4.31. The number of amides is 3. The molecule has 162 valence electrons. The Bertz CT molecular complexity index is 1180. The minimum atomic E-state index is -0.329. The molecule has 0 saturated heterocycles. The maximum Gasteiger partial charge on any atom is 0.261 e. The molecular formula is C26H24N2O4. The normalized spacial score (nSPS) is 12.7. The first-order chi connectivity index (χ1) is 15.4. The van der Waals surface area contributed by atoms with Crippen molar-refractivity contribution in [1.29, 1.82) is 0 Å². The maximum atomic E-state index is 13.3. The topological polar surface area (TPSA) is 66.9 Å². The Balaban J connectivity index is 1.65. The number of imide groups is 1. The van der Waals surface area contributed by atoms with Crippen LogP contribution in [0.3, 0.4) is 0 Å². The Kier molecular flexibility index (Phi) is 5.77. The molecule has 3 aromatic rings. The largest absolute Gasteiger partial charge is 0.493 e. The molecule has 0 N–H and O–H groups in total. The zero-order valence-corrected chi connectivity index (χ0v) is 18.3. The Labute approximate surface area is 187 Å². The van der Waals surface area contributed by atoms with Crippen LogP contribution in [-0.2, 0) is 6.54 Å². The van der Waals surface area contributed by atoms with Gasteiger partial charge in [0.1, 0.15) is 5.75 Å². The Morgan fingerprint density at radius 1 is 0.938 bits per heavy atom. The zero-order valence-electron chi connectivity index (χ0n) is 18.3. The molecule has 1 heterocycles. The number of benzene rings is 3. The van der Waals surface area contributed by atoms with Gasteiger partial charge in [0.25, 0.3) is 17.7 Å². The first kappa shape index (κ1) is 21.3. The third-order valence-electron chi connectivity index (χ3n) is 5.49. The van der Waals surface area contributed by atoms with Crippen molar-refractivity contribution < 1.29 is 19.1 Å². The molecule has 1 aliphatic heterocycles. The molecule has 0 radical (unpaired) electrons. The average molecular weight is 428 g/mol. The van der Waals surface area contributed by atoms with E-state index in [1.165, 1.54) is 4.90 Å². The van der Waals surface area contributed by atoms with Crippen LogP contribution in [0.15, 0.2) is 66.7 Å². The van der Waals surface area contributed by atoms with Crippen LogP contribution in [0.25, 0.3) is 0 Å². The van der Waals surface area contributed by atoms with Gasteiger partial charge in [0.15, 0.2) is 0 Å². The van der Waals surface area contributed by atoms with E-state index in [0.29, 0.717) is 34.6 Å². The number of nitrogens with zero attached hydrogens (tertiary/aromatic N) is 2. The van der Waals surface area contributed by atoms with Crippen LogP contribution in [0, 0.1) is 6.92 Å². The van der Waals surface area contributed by atoms with Crippen molar-refractivity contribution >= 4 is 23.4 Å². The maximum absolute atomic E-state index is 13.3. The van der Waals surface area contributed by atoms with Crippen LogP contribution >= 0.6 is 0 Å². The fraction of sp³-hybridized carbons (Fsp3) is 0.192. The van der Waals surface area contributed by atoms with Crippen LogP contribution in [0.4, 0.5) is 5.69 Å². The lowest BCUT2D eigenvalue weighted by Gasteiger charge is -2.21. The SMILES string of the molecule is CCOc1ccc(CN2C(=O)c3ccccc3C2=O)cc1C(=O)N(C)c1cccc(C)c1. The monoisotopic (exact) mass is 428 g/mol. The molecule has 4 rings (SSSR count). The highest BCUT2D eigenvalue weighted by Crippen LogP contribution is 2.28. The molecule has 0 aliphatic carbocycles. The molecule has 0 spiro atoms. The van der Waals surface area contributed by atoms with E-state index < -0.39 is 0 Å². The second-order valence-corrected chi connectivity index (χ2v) is 7.71. The Morgan fingerprint density at radius 3 is 2.25 bits per heavy atom. The number of anilines is 1. The van der Waals surface area contributed by atoms with Gasteiger partial charge < -0.3 is 9.64 Å². The van der Waals surface area contributed by atoms with Gasteiger partial charge in [-0.15, -0.1) is 0 Å². The van der Waals surface area contributed by atoms with Crippen molar-refractivity contribution in [2.75, 3.05) is 18.6 Å². The zero-order chi connectivity index (χ0) is 22.8. The predicted octanol–water partition coefficient (Wildman–Crippen LogP) is 4.47. The number of carbonyl (C=O) groups excluding carboxylic acids is 3. The number of hydrogen-bond acceptors (Lipinski definition) is 4. The summed E-state index contributed by atoms with van der Waals surface area (Å²) in [5.41, 5.74) is 3.67. The lowest BCUT2D eigenvalue weighted by molar-refractivity contribution is 0.0642. The molecule has 0 aromatic heterocycles. The van der Waals surface area contributed by atoms with E-state index >= 15 is 0 Å². The number of fused-ring (bicyclic) bond motifs is 1. The smallest absolute Gasteiger partial charge is 0.261 e. The number of hydrogen-bond donors (Lipinski definition) is 0. The fourth-order valence-corrected chi connectivity index (χ4v) is 3.82. The van der Waals surface area contributed by atoms with Gasteiger partial charge in [0.2, 0.25) is 0 Å².